The molecule has 0 aromatic heterocycles. The number of unbranched alkanes of at least 4 members (excludes halogenated alkanes) is 1. The number of rotatable bonds is 9. The lowest BCUT2D eigenvalue weighted by Crippen LogP contribution is -2.14. The van der Waals surface area contributed by atoms with E-state index < -0.39 is 11.9 Å². The van der Waals surface area contributed by atoms with E-state index in [4.69, 9.17) is 14.2 Å². The number of carbonyl (C=O) groups excluding carboxylic acids is 2. The van der Waals surface area contributed by atoms with Crippen LogP contribution in [0, 0.1) is 0 Å². The highest BCUT2D eigenvalue weighted by Crippen LogP contribution is 2.19. The van der Waals surface area contributed by atoms with E-state index in [0.717, 1.165) is 29.9 Å². The van der Waals surface area contributed by atoms with Gasteiger partial charge in [-0.05, 0) is 48.4 Å². The second-order valence-electron chi connectivity index (χ2n) is 7.82. The van der Waals surface area contributed by atoms with Gasteiger partial charge in [-0.25, -0.2) is 9.59 Å². The van der Waals surface area contributed by atoms with Gasteiger partial charge in [-0.1, -0.05) is 92.2 Å². The summed E-state index contributed by atoms with van der Waals surface area (Å²) < 4.78 is 16.0. The van der Waals surface area contributed by atoms with Gasteiger partial charge in [0.1, 0.15) is 18.1 Å². The third kappa shape index (κ3) is 8.76. The average Bonchev–Trinajstić information content (AvgIpc) is 2.94. The van der Waals surface area contributed by atoms with E-state index in [0.29, 0.717) is 6.61 Å². The van der Waals surface area contributed by atoms with E-state index in [1.807, 2.05) is 97.9 Å². The zero-order valence-electron chi connectivity index (χ0n) is 20.3. The molecule has 0 heterocycles. The van der Waals surface area contributed by atoms with Crippen molar-refractivity contribution in [3.05, 3.63) is 132 Å². The molecule has 0 spiro atoms. The average molecular weight is 483 g/mol. The molecule has 4 aromatic rings. The Morgan fingerprint density at radius 3 is 1.53 bits per heavy atom. The van der Waals surface area contributed by atoms with Crippen LogP contribution in [-0.4, -0.2) is 18.5 Å². The minimum Gasteiger partial charge on any atom is -0.462 e. The molecule has 0 atom stereocenters. The number of ether oxygens (including phenoxy) is 3. The van der Waals surface area contributed by atoms with Crippen molar-refractivity contribution in [2.24, 2.45) is 0 Å². The van der Waals surface area contributed by atoms with Crippen LogP contribution in [0.2, 0.25) is 0 Å². The molecule has 0 aliphatic rings. The predicted octanol–water partition coefficient (Wildman–Crippen LogP) is 7.48. The molecular formula is C31H30O5. The predicted molar refractivity (Wildman–Crippen MR) is 140 cm³/mol. The minimum atomic E-state index is -0.531. The maximum atomic E-state index is 12.2. The molecule has 0 radical (unpaired) electrons. The summed E-state index contributed by atoms with van der Waals surface area (Å²) in [6, 6.07) is 35.5. The topological polar surface area (TPSA) is 61.8 Å². The molecule has 4 aromatic carbocycles. The standard InChI is InChI=1S/C19H20O4.C12H10O/c1-2-3-13-22-18(20)16-11-7-8-12-17(16)19(21)23-14-15-9-5-4-6-10-15;1-3-7-11(8-4-1)13-12-9-5-2-6-10-12/h4-12H,2-3,13-14H2,1H3;1-10H. The summed E-state index contributed by atoms with van der Waals surface area (Å²) in [5, 5.41) is 0. The molecule has 0 N–H and O–H groups in total. The van der Waals surface area contributed by atoms with Crippen molar-refractivity contribution >= 4 is 11.9 Å². The van der Waals surface area contributed by atoms with Crippen molar-refractivity contribution in [3.63, 3.8) is 0 Å². The van der Waals surface area contributed by atoms with E-state index in [1.54, 1.807) is 24.3 Å². The van der Waals surface area contributed by atoms with Crippen molar-refractivity contribution in [3.8, 4) is 11.5 Å². The molecule has 0 fully saturated rings. The summed E-state index contributed by atoms with van der Waals surface area (Å²) >= 11 is 0. The molecule has 0 aliphatic heterocycles. The van der Waals surface area contributed by atoms with Crippen molar-refractivity contribution in [2.45, 2.75) is 26.4 Å². The Labute approximate surface area is 212 Å². The summed E-state index contributed by atoms with van der Waals surface area (Å²) in [6.07, 6.45) is 1.74. The Morgan fingerprint density at radius 1 is 0.583 bits per heavy atom. The fraction of sp³-hybridized carbons (Fsp3) is 0.161. The zero-order chi connectivity index (χ0) is 25.4. The fourth-order valence-corrected chi connectivity index (χ4v) is 3.14. The molecule has 0 aliphatic carbocycles. The maximum absolute atomic E-state index is 12.2. The molecule has 0 amide bonds. The van der Waals surface area contributed by atoms with Gasteiger partial charge >= 0.3 is 11.9 Å². The first-order valence-electron chi connectivity index (χ1n) is 11.9. The van der Waals surface area contributed by atoms with Gasteiger partial charge < -0.3 is 14.2 Å². The highest BCUT2D eigenvalue weighted by molar-refractivity contribution is 6.03. The quantitative estimate of drug-likeness (QED) is 0.183. The second kappa shape index (κ2) is 14.8. The Morgan fingerprint density at radius 2 is 1.03 bits per heavy atom. The molecule has 0 saturated carbocycles. The first-order chi connectivity index (χ1) is 17.7. The molecule has 184 valence electrons. The van der Waals surface area contributed by atoms with Crippen molar-refractivity contribution < 1.29 is 23.8 Å². The molecule has 5 heteroatoms. The van der Waals surface area contributed by atoms with Crippen LogP contribution in [0.4, 0.5) is 0 Å². The van der Waals surface area contributed by atoms with Crippen LogP contribution in [0.3, 0.4) is 0 Å². The third-order valence-corrected chi connectivity index (χ3v) is 5.03. The smallest absolute Gasteiger partial charge is 0.339 e. The van der Waals surface area contributed by atoms with E-state index in [1.165, 1.54) is 0 Å². The van der Waals surface area contributed by atoms with Crippen molar-refractivity contribution in [1.29, 1.82) is 0 Å². The van der Waals surface area contributed by atoms with Gasteiger partial charge in [0.2, 0.25) is 0 Å². The molecule has 5 nitrogen and oxygen atoms in total. The first-order valence-corrected chi connectivity index (χ1v) is 11.9. The fourth-order valence-electron chi connectivity index (χ4n) is 3.14. The maximum Gasteiger partial charge on any atom is 0.339 e. The lowest BCUT2D eigenvalue weighted by Gasteiger charge is -2.09. The number of para-hydroxylation sites is 2. The van der Waals surface area contributed by atoms with Crippen LogP contribution in [0.5, 0.6) is 11.5 Å². The van der Waals surface area contributed by atoms with Gasteiger partial charge in [0.15, 0.2) is 0 Å². The van der Waals surface area contributed by atoms with Crippen LogP contribution >= 0.6 is 0 Å². The van der Waals surface area contributed by atoms with E-state index in [-0.39, 0.29) is 17.7 Å². The Bertz CT molecular complexity index is 1150. The monoisotopic (exact) mass is 482 g/mol. The van der Waals surface area contributed by atoms with Crippen molar-refractivity contribution in [2.75, 3.05) is 6.61 Å². The number of benzene rings is 4. The summed E-state index contributed by atoms with van der Waals surface area (Å²) in [7, 11) is 0. The van der Waals surface area contributed by atoms with Crippen LogP contribution < -0.4 is 4.74 Å². The van der Waals surface area contributed by atoms with Crippen LogP contribution in [-0.2, 0) is 16.1 Å². The second-order valence-corrected chi connectivity index (χ2v) is 7.82. The normalized spacial score (nSPS) is 9.92. The van der Waals surface area contributed by atoms with Gasteiger partial charge in [-0.15, -0.1) is 0 Å². The zero-order valence-corrected chi connectivity index (χ0v) is 20.3. The molecule has 0 bridgehead atoms. The summed E-state index contributed by atoms with van der Waals surface area (Å²) in [5.41, 5.74) is 1.36. The van der Waals surface area contributed by atoms with Gasteiger partial charge in [0.05, 0.1) is 17.7 Å². The molecule has 0 unspecified atom stereocenters. The summed E-state index contributed by atoms with van der Waals surface area (Å²) in [4.78, 5) is 24.3. The number of carbonyl (C=O) groups is 2. The summed E-state index contributed by atoms with van der Waals surface area (Å²) in [6.45, 7) is 2.53. The Hall–Kier alpha value is -4.38. The van der Waals surface area contributed by atoms with Gasteiger partial charge in [0.25, 0.3) is 0 Å². The minimum absolute atomic E-state index is 0.166. The van der Waals surface area contributed by atoms with Gasteiger partial charge in [-0.2, -0.15) is 0 Å². The van der Waals surface area contributed by atoms with Crippen LogP contribution in [0.25, 0.3) is 0 Å². The van der Waals surface area contributed by atoms with E-state index in [2.05, 4.69) is 0 Å². The SMILES string of the molecule is CCCCOC(=O)c1ccccc1C(=O)OCc1ccccc1.c1ccc(Oc2ccccc2)cc1. The number of esters is 2. The summed E-state index contributed by atoms with van der Waals surface area (Å²) in [5.74, 6) is 0.713. The van der Waals surface area contributed by atoms with Crippen molar-refractivity contribution in [1.82, 2.24) is 0 Å². The van der Waals surface area contributed by atoms with Gasteiger partial charge in [-0.3, -0.25) is 0 Å². The lowest BCUT2D eigenvalue weighted by atomic mass is 10.1. The van der Waals surface area contributed by atoms with Gasteiger partial charge in [0, 0.05) is 0 Å². The Kier molecular flexibility index (Phi) is 10.8. The Balaban J connectivity index is 0.000000233. The van der Waals surface area contributed by atoms with E-state index in [9.17, 15) is 9.59 Å². The molecule has 36 heavy (non-hydrogen) atoms. The number of hydrogen-bond acceptors (Lipinski definition) is 5. The molecule has 0 saturated heterocycles. The molecule has 4 rings (SSSR count). The first kappa shape index (κ1) is 26.2. The van der Waals surface area contributed by atoms with E-state index >= 15 is 0 Å². The van der Waals surface area contributed by atoms with Crippen LogP contribution in [0.1, 0.15) is 46.0 Å². The largest absolute Gasteiger partial charge is 0.462 e. The number of hydrogen-bond donors (Lipinski definition) is 0. The third-order valence-electron chi connectivity index (χ3n) is 5.03. The highest BCUT2D eigenvalue weighted by atomic mass is 16.5. The van der Waals surface area contributed by atoms with Crippen LogP contribution in [0.15, 0.2) is 115 Å². The lowest BCUT2D eigenvalue weighted by molar-refractivity contribution is 0.0437. The highest BCUT2D eigenvalue weighted by Gasteiger charge is 2.18. The molecular weight excluding hydrogens is 452 g/mol.